The number of hydrogen-bond acceptors (Lipinski definition) is 8. The Morgan fingerprint density at radius 3 is 2.15 bits per heavy atom. The van der Waals surface area contributed by atoms with Crippen LogP contribution in [0.4, 0.5) is 4.79 Å². The van der Waals surface area contributed by atoms with Crippen LogP contribution in [0.3, 0.4) is 0 Å². The number of hydrogen-bond donors (Lipinski definition) is 2. The number of ketones is 1. The molecule has 0 aromatic rings. The van der Waals surface area contributed by atoms with Gasteiger partial charge in [0.15, 0.2) is 0 Å². The van der Waals surface area contributed by atoms with Gasteiger partial charge in [-0.15, -0.1) is 0 Å². The van der Waals surface area contributed by atoms with Crippen LogP contribution in [0.15, 0.2) is 0 Å². The highest BCUT2D eigenvalue weighted by molar-refractivity contribution is 6.25. The zero-order chi connectivity index (χ0) is 21.0. The van der Waals surface area contributed by atoms with Crippen LogP contribution < -0.4 is 5.32 Å². The van der Waals surface area contributed by atoms with Gasteiger partial charge in [-0.2, -0.15) is 0 Å². The van der Waals surface area contributed by atoms with E-state index < -0.39 is 42.3 Å². The highest BCUT2D eigenvalue weighted by atomic mass is 16.7. The van der Waals surface area contributed by atoms with Crippen molar-refractivity contribution < 1.29 is 38.2 Å². The molecule has 0 saturated heterocycles. The monoisotopic (exact) mass is 386 g/mol. The molecule has 0 heterocycles. The fourth-order valence-electron chi connectivity index (χ4n) is 1.74. The maximum Gasteiger partial charge on any atom is 0.410 e. The molecule has 0 aliphatic rings. The van der Waals surface area contributed by atoms with E-state index in [1.165, 1.54) is 0 Å². The molecule has 0 saturated carbocycles. The second-order valence-corrected chi connectivity index (χ2v) is 6.28. The Morgan fingerprint density at radius 2 is 1.67 bits per heavy atom. The molecule has 10 heteroatoms. The van der Waals surface area contributed by atoms with E-state index in [1.807, 2.05) is 0 Å². The first kappa shape index (κ1) is 24.3. The van der Waals surface area contributed by atoms with Crippen molar-refractivity contribution in [3.63, 3.8) is 0 Å². The molecule has 0 aliphatic heterocycles. The number of alkyl carbamates (subject to hydrolysis) is 1. The fraction of sp³-hybridized carbons (Fsp3) is 0.706. The molecule has 2 atom stereocenters. The Labute approximate surface area is 158 Å². The lowest BCUT2D eigenvalue weighted by Gasteiger charge is -2.21. The summed E-state index contributed by atoms with van der Waals surface area (Å²) < 4.78 is 15.1. The maximum absolute atomic E-state index is 12.1. The molecule has 0 aromatic heterocycles. The smallest absolute Gasteiger partial charge is 0.410 e. The molecule has 1 unspecified atom stereocenters. The molecule has 0 aromatic carbocycles. The van der Waals surface area contributed by atoms with Gasteiger partial charge < -0.3 is 19.5 Å². The Morgan fingerprint density at radius 1 is 1.04 bits per heavy atom. The Balaban J connectivity index is 4.92. The Bertz CT molecular complexity index is 583. The highest BCUT2D eigenvalue weighted by Gasteiger charge is 2.27. The van der Waals surface area contributed by atoms with Gasteiger partial charge in [-0.1, -0.05) is 20.8 Å². The van der Waals surface area contributed by atoms with Crippen LogP contribution in [-0.2, 0) is 28.6 Å². The van der Waals surface area contributed by atoms with E-state index in [4.69, 9.17) is 19.7 Å². The van der Waals surface area contributed by atoms with E-state index in [9.17, 15) is 19.2 Å². The molecule has 10 nitrogen and oxygen atoms in total. The van der Waals surface area contributed by atoms with E-state index in [1.54, 1.807) is 34.6 Å². The molecule has 0 fully saturated rings. The minimum Gasteiger partial charge on any atom is -0.461 e. The second kappa shape index (κ2) is 12.6. The van der Waals surface area contributed by atoms with Crippen LogP contribution >= 0.6 is 0 Å². The summed E-state index contributed by atoms with van der Waals surface area (Å²) in [7, 11) is 0. The Kier molecular flexibility index (Phi) is 11.3. The molecule has 0 radical (unpaired) electrons. The molecule has 152 valence electrons. The number of carbonyl (C=O) groups is 4. The predicted molar refractivity (Wildman–Crippen MR) is 92.9 cm³/mol. The fourth-order valence-corrected chi connectivity index (χ4v) is 1.74. The van der Waals surface area contributed by atoms with Crippen molar-refractivity contribution in [2.75, 3.05) is 0 Å². The summed E-state index contributed by atoms with van der Waals surface area (Å²) in [6.07, 6.45) is -1.65. The second-order valence-electron chi connectivity index (χ2n) is 6.28. The number of nitrogens with zero attached hydrogens (tertiary/aromatic N) is 1. The lowest BCUT2D eigenvalue weighted by molar-refractivity contribution is -0.172. The van der Waals surface area contributed by atoms with Crippen molar-refractivity contribution in [1.29, 1.82) is 5.53 Å². The number of amides is 1. The van der Waals surface area contributed by atoms with E-state index in [0.717, 1.165) is 6.21 Å². The van der Waals surface area contributed by atoms with Gasteiger partial charge in [0.05, 0.1) is 22.3 Å². The number of rotatable bonds is 11. The van der Waals surface area contributed by atoms with E-state index in [0.29, 0.717) is 0 Å². The standard InChI is InChI=1S/C17H27N3O7/c1-6-14(26-15(22)10(2)3)27-17(24)20-13(16(23)25-11(4)5)8-7-12(21)9-19-18/h9-11,13-14,18H,6-8H2,1-5H3/p+1/t13-,14?/m0/s1. The normalized spacial score (nSPS) is 12.6. The summed E-state index contributed by atoms with van der Waals surface area (Å²) in [5.41, 5.74) is 6.62. The molecular formula is C17H28N3O7+. The lowest BCUT2D eigenvalue weighted by Crippen LogP contribution is -2.44. The number of carbonyl (C=O) groups excluding carboxylic acids is 4. The topological polar surface area (TPSA) is 146 Å². The van der Waals surface area contributed by atoms with Crippen LogP contribution in [0.5, 0.6) is 0 Å². The van der Waals surface area contributed by atoms with Gasteiger partial charge in [-0.25, -0.2) is 9.59 Å². The van der Waals surface area contributed by atoms with Crippen molar-refractivity contribution in [1.82, 2.24) is 5.32 Å². The first-order chi connectivity index (χ1) is 12.6. The van der Waals surface area contributed by atoms with Crippen molar-refractivity contribution in [3.05, 3.63) is 0 Å². The zero-order valence-corrected chi connectivity index (χ0v) is 16.3. The van der Waals surface area contributed by atoms with E-state index in [-0.39, 0.29) is 25.2 Å². The predicted octanol–water partition coefficient (Wildman–Crippen LogP) is 1.63. The molecule has 0 rings (SSSR count). The average Bonchev–Trinajstić information content (AvgIpc) is 2.57. The minimum atomic E-state index is -1.14. The molecule has 27 heavy (non-hydrogen) atoms. The third-order valence-corrected chi connectivity index (χ3v) is 3.11. The molecule has 2 N–H and O–H groups in total. The molecule has 0 spiro atoms. The quantitative estimate of drug-likeness (QED) is 0.180. The third-order valence-electron chi connectivity index (χ3n) is 3.11. The van der Waals surface area contributed by atoms with Crippen LogP contribution in [0.2, 0.25) is 0 Å². The van der Waals surface area contributed by atoms with Gasteiger partial charge in [-0.05, 0) is 20.3 Å². The van der Waals surface area contributed by atoms with Crippen LogP contribution in [0.1, 0.15) is 53.9 Å². The van der Waals surface area contributed by atoms with Crippen molar-refractivity contribution >= 4 is 30.0 Å². The summed E-state index contributed by atoms with van der Waals surface area (Å²) >= 11 is 0. The van der Waals surface area contributed by atoms with Gasteiger partial charge in [0.2, 0.25) is 12.1 Å². The SMILES string of the molecule is CCC(OC(=O)N[C@@H](CCC(=O)C=[N+]=N)C(=O)OC(C)C)OC(=O)C(C)C. The van der Waals surface area contributed by atoms with Gasteiger partial charge in [-0.3, -0.25) is 9.59 Å². The summed E-state index contributed by atoms with van der Waals surface area (Å²) in [5, 5.41) is 2.32. The first-order valence-corrected chi connectivity index (χ1v) is 8.71. The van der Waals surface area contributed by atoms with Crippen molar-refractivity contribution in [3.8, 4) is 0 Å². The third kappa shape index (κ3) is 10.8. The summed E-state index contributed by atoms with van der Waals surface area (Å²) in [6.45, 7) is 8.23. The van der Waals surface area contributed by atoms with Crippen molar-refractivity contribution in [2.24, 2.45) is 5.92 Å². The minimum absolute atomic E-state index is 0.0614. The maximum atomic E-state index is 12.1. The van der Waals surface area contributed by atoms with Crippen LogP contribution in [0, 0.1) is 11.4 Å². The number of ether oxygens (including phenoxy) is 3. The summed E-state index contributed by atoms with van der Waals surface area (Å²) in [6, 6.07) is -1.14. The summed E-state index contributed by atoms with van der Waals surface area (Å²) in [4.78, 5) is 50.1. The first-order valence-electron chi connectivity index (χ1n) is 8.71. The summed E-state index contributed by atoms with van der Waals surface area (Å²) in [5.74, 6) is -2.11. The molecule has 1 amide bonds. The molecule has 0 bridgehead atoms. The largest absolute Gasteiger partial charge is 0.461 e. The molecular weight excluding hydrogens is 358 g/mol. The van der Waals surface area contributed by atoms with Gasteiger partial charge in [0, 0.05) is 12.8 Å². The Hall–Kier alpha value is -2.74. The molecule has 0 aliphatic carbocycles. The van der Waals surface area contributed by atoms with Gasteiger partial charge >= 0.3 is 24.2 Å². The van der Waals surface area contributed by atoms with Crippen LogP contribution in [0.25, 0.3) is 0 Å². The highest BCUT2D eigenvalue weighted by Crippen LogP contribution is 2.08. The number of nitrogens with one attached hydrogen (secondary N) is 2. The van der Waals surface area contributed by atoms with Crippen molar-refractivity contribution in [2.45, 2.75) is 72.3 Å². The zero-order valence-electron chi connectivity index (χ0n) is 16.3. The van der Waals surface area contributed by atoms with Gasteiger partial charge in [0.1, 0.15) is 6.04 Å². The van der Waals surface area contributed by atoms with E-state index >= 15 is 0 Å². The lowest BCUT2D eigenvalue weighted by atomic mass is 10.1. The number of Topliss-reactive ketones (excluding diaryl/α,β-unsaturated/α-hetero) is 1. The number of esters is 2. The van der Waals surface area contributed by atoms with E-state index in [2.05, 4.69) is 10.1 Å². The van der Waals surface area contributed by atoms with Crippen LogP contribution in [-0.4, -0.2) is 53.3 Å². The average molecular weight is 386 g/mol. The van der Waals surface area contributed by atoms with Gasteiger partial charge in [0.25, 0.3) is 0 Å².